The summed E-state index contributed by atoms with van der Waals surface area (Å²) in [7, 11) is 1.36. The lowest BCUT2D eigenvalue weighted by Gasteiger charge is -2.21. The quantitative estimate of drug-likeness (QED) is 0.576. The molecule has 0 bridgehead atoms. The molecule has 0 spiro atoms. The molecule has 3 N–H and O–H groups in total. The Morgan fingerprint density at radius 1 is 1.43 bits per heavy atom. The first-order valence-electron chi connectivity index (χ1n) is 6.80. The van der Waals surface area contributed by atoms with E-state index in [-0.39, 0.29) is 29.2 Å². The molecule has 1 rings (SSSR count). The lowest BCUT2D eigenvalue weighted by atomic mass is 10.0. The lowest BCUT2D eigenvalue weighted by molar-refractivity contribution is -0.142. The zero-order valence-electron chi connectivity index (χ0n) is 12.4. The van der Waals surface area contributed by atoms with E-state index >= 15 is 0 Å². The lowest BCUT2D eigenvalue weighted by Crippen LogP contribution is -2.42. The molecule has 0 saturated carbocycles. The molecule has 0 aromatic heterocycles. The van der Waals surface area contributed by atoms with E-state index in [0.717, 1.165) is 0 Å². The van der Waals surface area contributed by atoms with Crippen LogP contribution in [0.3, 0.4) is 0 Å². The molecule has 1 unspecified atom stereocenters. The molecular formula is C13H22N2O5S. The fraction of sp³-hybridized carbons (Fsp3) is 0.769. The van der Waals surface area contributed by atoms with Gasteiger partial charge in [-0.1, -0.05) is 6.92 Å². The predicted molar refractivity (Wildman–Crippen MR) is 78.8 cm³/mol. The normalized spacial score (nSPS) is 24.1. The molecule has 4 atom stereocenters. The van der Waals surface area contributed by atoms with Gasteiger partial charge in [-0.15, -0.1) is 11.8 Å². The maximum Gasteiger partial charge on any atom is 0.326 e. The van der Waals surface area contributed by atoms with Gasteiger partial charge in [-0.25, -0.2) is 4.79 Å². The van der Waals surface area contributed by atoms with Gasteiger partial charge in [0.1, 0.15) is 12.1 Å². The van der Waals surface area contributed by atoms with E-state index in [2.05, 4.69) is 10.6 Å². The number of methoxy groups -OCH3 is 1. The Hall–Kier alpha value is -1.28. The molecule has 8 heteroatoms. The predicted octanol–water partition coefficient (Wildman–Crippen LogP) is 0.196. The molecule has 1 aliphatic heterocycles. The standard InChI is InChI=1S/C13H22N2O5S/c1-7(4-5-9(12(17)18)14-8(2)16)11-15-10(6-21-11)13(19)20-3/h7,9-11,15H,4-6H2,1-3H3,(H,14,16)(H,17,18)/t7-,9?,10-,11+/m0/s1. The second kappa shape index (κ2) is 8.23. The summed E-state index contributed by atoms with van der Waals surface area (Å²) in [6.07, 6.45) is 0.994. The molecule has 21 heavy (non-hydrogen) atoms. The Kier molecular flexibility index (Phi) is 6.97. The first-order valence-corrected chi connectivity index (χ1v) is 7.85. The van der Waals surface area contributed by atoms with E-state index in [0.29, 0.717) is 18.6 Å². The highest BCUT2D eigenvalue weighted by Gasteiger charge is 2.33. The van der Waals surface area contributed by atoms with Crippen LogP contribution in [-0.4, -0.2) is 53.3 Å². The van der Waals surface area contributed by atoms with Crippen LogP contribution in [0.2, 0.25) is 0 Å². The van der Waals surface area contributed by atoms with Crippen molar-refractivity contribution in [1.29, 1.82) is 0 Å². The minimum atomic E-state index is -1.03. The van der Waals surface area contributed by atoms with Gasteiger partial charge in [0, 0.05) is 12.7 Å². The molecule has 1 heterocycles. The number of esters is 1. The highest BCUT2D eigenvalue weighted by Crippen LogP contribution is 2.28. The molecular weight excluding hydrogens is 296 g/mol. The Balaban J connectivity index is 2.43. The first-order chi connectivity index (χ1) is 9.85. The van der Waals surface area contributed by atoms with Crippen LogP contribution < -0.4 is 10.6 Å². The van der Waals surface area contributed by atoms with Gasteiger partial charge in [0.15, 0.2) is 0 Å². The largest absolute Gasteiger partial charge is 0.480 e. The van der Waals surface area contributed by atoms with Crippen molar-refractivity contribution >= 4 is 29.6 Å². The Labute approximate surface area is 128 Å². The third-order valence-electron chi connectivity index (χ3n) is 3.40. The van der Waals surface area contributed by atoms with Gasteiger partial charge in [0.05, 0.1) is 12.5 Å². The van der Waals surface area contributed by atoms with Crippen molar-refractivity contribution in [2.45, 2.75) is 44.1 Å². The number of nitrogens with one attached hydrogen (secondary N) is 2. The van der Waals surface area contributed by atoms with Gasteiger partial charge in [-0.05, 0) is 18.8 Å². The van der Waals surface area contributed by atoms with Crippen molar-refractivity contribution < 1.29 is 24.2 Å². The second-order valence-corrected chi connectivity index (χ2v) is 6.32. The number of amides is 1. The highest BCUT2D eigenvalue weighted by molar-refractivity contribution is 8.00. The number of carbonyl (C=O) groups is 3. The van der Waals surface area contributed by atoms with E-state index in [1.165, 1.54) is 14.0 Å². The van der Waals surface area contributed by atoms with E-state index in [4.69, 9.17) is 9.84 Å². The summed E-state index contributed by atoms with van der Waals surface area (Å²) in [5.74, 6) is -0.833. The number of carboxylic acids is 1. The van der Waals surface area contributed by atoms with E-state index in [1.807, 2.05) is 6.92 Å². The fourth-order valence-corrected chi connectivity index (χ4v) is 3.54. The van der Waals surface area contributed by atoms with Crippen LogP contribution >= 0.6 is 11.8 Å². The van der Waals surface area contributed by atoms with Gasteiger partial charge in [-0.3, -0.25) is 14.9 Å². The van der Waals surface area contributed by atoms with Crippen LogP contribution in [0.15, 0.2) is 0 Å². The van der Waals surface area contributed by atoms with Crippen LogP contribution in [0.1, 0.15) is 26.7 Å². The molecule has 120 valence electrons. The molecule has 0 aromatic rings. The zero-order valence-corrected chi connectivity index (χ0v) is 13.2. The summed E-state index contributed by atoms with van der Waals surface area (Å²) in [6.45, 7) is 3.30. The monoisotopic (exact) mass is 318 g/mol. The van der Waals surface area contributed by atoms with Gasteiger partial charge in [0.2, 0.25) is 5.91 Å². The molecule has 7 nitrogen and oxygen atoms in total. The average molecular weight is 318 g/mol. The van der Waals surface area contributed by atoms with Crippen LogP contribution in [0.5, 0.6) is 0 Å². The highest BCUT2D eigenvalue weighted by atomic mass is 32.2. The minimum Gasteiger partial charge on any atom is -0.480 e. The van der Waals surface area contributed by atoms with Crippen molar-refractivity contribution in [2.24, 2.45) is 5.92 Å². The van der Waals surface area contributed by atoms with E-state index in [1.54, 1.807) is 11.8 Å². The Morgan fingerprint density at radius 3 is 2.62 bits per heavy atom. The maximum absolute atomic E-state index is 11.4. The second-order valence-electron chi connectivity index (χ2n) is 5.14. The summed E-state index contributed by atoms with van der Waals surface area (Å²) in [6, 6.07) is -1.18. The molecule has 1 amide bonds. The first kappa shape index (κ1) is 17.8. The van der Waals surface area contributed by atoms with Crippen molar-refractivity contribution in [3.8, 4) is 0 Å². The number of aliphatic carboxylic acids is 1. The Bertz CT molecular complexity index is 404. The number of hydrogen-bond acceptors (Lipinski definition) is 6. The number of hydrogen-bond donors (Lipinski definition) is 3. The van der Waals surface area contributed by atoms with Gasteiger partial charge in [0.25, 0.3) is 0 Å². The minimum absolute atomic E-state index is 0.0841. The average Bonchev–Trinajstić information content (AvgIpc) is 2.91. The smallest absolute Gasteiger partial charge is 0.326 e. The molecule has 1 saturated heterocycles. The van der Waals surface area contributed by atoms with Crippen molar-refractivity contribution in [3.63, 3.8) is 0 Å². The Morgan fingerprint density at radius 2 is 2.10 bits per heavy atom. The number of ether oxygens (including phenoxy) is 1. The third-order valence-corrected chi connectivity index (χ3v) is 4.88. The maximum atomic E-state index is 11.4. The molecule has 0 aliphatic carbocycles. The SMILES string of the molecule is COC(=O)[C@@H]1CS[C@H]([C@@H](C)CCC(NC(C)=O)C(=O)O)N1. The van der Waals surface area contributed by atoms with E-state index < -0.39 is 12.0 Å². The van der Waals surface area contributed by atoms with Crippen LogP contribution in [0.4, 0.5) is 0 Å². The van der Waals surface area contributed by atoms with Crippen LogP contribution in [0, 0.1) is 5.92 Å². The number of carboxylic acid groups (broad SMARTS) is 1. The van der Waals surface area contributed by atoms with Crippen LogP contribution in [-0.2, 0) is 19.1 Å². The van der Waals surface area contributed by atoms with Crippen LogP contribution in [0.25, 0.3) is 0 Å². The molecule has 0 radical (unpaired) electrons. The van der Waals surface area contributed by atoms with Gasteiger partial charge >= 0.3 is 11.9 Å². The summed E-state index contributed by atoms with van der Waals surface area (Å²) < 4.78 is 4.70. The number of rotatable bonds is 7. The zero-order chi connectivity index (χ0) is 16.0. The summed E-state index contributed by atoms with van der Waals surface area (Å²) >= 11 is 1.63. The van der Waals surface area contributed by atoms with Gasteiger partial charge < -0.3 is 15.2 Å². The van der Waals surface area contributed by atoms with Crippen molar-refractivity contribution in [1.82, 2.24) is 10.6 Å². The third kappa shape index (κ3) is 5.55. The summed E-state index contributed by atoms with van der Waals surface area (Å²) in [5.41, 5.74) is 0. The summed E-state index contributed by atoms with van der Waals surface area (Å²) in [4.78, 5) is 33.5. The molecule has 0 aromatic carbocycles. The molecule has 1 aliphatic rings. The summed E-state index contributed by atoms with van der Waals surface area (Å²) in [5, 5.41) is 14.7. The number of thioether (sulfide) groups is 1. The van der Waals surface area contributed by atoms with Crippen molar-refractivity contribution in [3.05, 3.63) is 0 Å². The fourth-order valence-electron chi connectivity index (χ4n) is 2.18. The van der Waals surface area contributed by atoms with E-state index in [9.17, 15) is 14.4 Å². The molecule has 1 fully saturated rings. The van der Waals surface area contributed by atoms with Gasteiger partial charge in [-0.2, -0.15) is 0 Å². The number of carbonyl (C=O) groups excluding carboxylic acids is 2. The topological polar surface area (TPSA) is 105 Å². The van der Waals surface area contributed by atoms with Crippen molar-refractivity contribution in [2.75, 3.05) is 12.9 Å².